The van der Waals surface area contributed by atoms with Crippen molar-refractivity contribution in [2.75, 3.05) is 0 Å². The molecule has 4 heteroatoms. The van der Waals surface area contributed by atoms with Crippen molar-refractivity contribution in [1.82, 2.24) is 0 Å². The summed E-state index contributed by atoms with van der Waals surface area (Å²) in [5, 5.41) is 2.07. The number of aryl methyl sites for hydroxylation is 1. The number of benzene rings is 2. The maximum atomic E-state index is 10.4. The van der Waals surface area contributed by atoms with E-state index < -0.39 is 11.4 Å². The summed E-state index contributed by atoms with van der Waals surface area (Å²) in [4.78, 5) is 0. The Morgan fingerprint density at radius 1 is 1.27 bits per heavy atom. The highest BCUT2D eigenvalue weighted by Crippen LogP contribution is 2.23. The van der Waals surface area contributed by atoms with E-state index in [-0.39, 0.29) is 0 Å². The van der Waals surface area contributed by atoms with Crippen LogP contribution in [0.4, 0.5) is 0 Å². The number of rotatable bonds is 2. The maximum Gasteiger partial charge on any atom is 0.139 e. The van der Waals surface area contributed by atoms with Gasteiger partial charge in [0.25, 0.3) is 0 Å². The third-order valence-electron chi connectivity index (χ3n) is 2.24. The molecule has 3 nitrogen and oxygen atoms in total. The van der Waals surface area contributed by atoms with Gasteiger partial charge in [0.2, 0.25) is 0 Å². The molecular formula is C11H9O3S-. The van der Waals surface area contributed by atoms with Gasteiger partial charge in [-0.25, -0.2) is 4.21 Å². The molecule has 0 aromatic heterocycles. The summed E-state index contributed by atoms with van der Waals surface area (Å²) >= 11 is -2.52. The zero-order chi connectivity index (χ0) is 10.8. The molecule has 0 radical (unpaired) electrons. The minimum atomic E-state index is -2.52. The Morgan fingerprint density at radius 3 is 2.80 bits per heavy atom. The second kappa shape index (κ2) is 4.00. The minimum absolute atomic E-state index is 0.338. The molecular weight excluding hydrogens is 212 g/mol. The van der Waals surface area contributed by atoms with Crippen molar-refractivity contribution in [2.24, 2.45) is 0 Å². The Hall–Kier alpha value is -1.39. The average Bonchev–Trinajstić information content (AvgIpc) is 2.18. The summed E-state index contributed by atoms with van der Waals surface area (Å²) in [6.45, 7) is 1.97. The van der Waals surface area contributed by atoms with Gasteiger partial charge in [-0.05, 0) is 35.4 Å². The molecule has 0 aliphatic rings. The largest absolute Gasteiger partial charge is 0.740 e. The van der Waals surface area contributed by atoms with E-state index in [9.17, 15) is 8.76 Å². The molecule has 2 aromatic carbocycles. The lowest BCUT2D eigenvalue weighted by molar-refractivity contribution is 0.440. The highest BCUT2D eigenvalue weighted by atomic mass is 32.2. The molecule has 1 atom stereocenters. The summed E-state index contributed by atoms with van der Waals surface area (Å²) in [5.41, 5.74) is 1.09. The first-order valence-corrected chi connectivity index (χ1v) is 5.44. The number of hydrogen-bond acceptors (Lipinski definition) is 3. The molecule has 2 rings (SSSR count). The Balaban J connectivity index is 2.54. The zero-order valence-electron chi connectivity index (χ0n) is 8.10. The van der Waals surface area contributed by atoms with Gasteiger partial charge in [0.15, 0.2) is 0 Å². The first-order valence-electron chi connectivity index (χ1n) is 4.44. The molecule has 0 fully saturated rings. The van der Waals surface area contributed by atoms with E-state index in [1.54, 1.807) is 12.1 Å². The van der Waals surface area contributed by atoms with Crippen LogP contribution in [0.25, 0.3) is 10.8 Å². The normalized spacial score (nSPS) is 12.7. The average molecular weight is 221 g/mol. The van der Waals surface area contributed by atoms with Crippen LogP contribution in [-0.2, 0) is 11.4 Å². The molecule has 0 heterocycles. The molecule has 0 saturated carbocycles. The molecule has 0 aliphatic heterocycles. The summed E-state index contributed by atoms with van der Waals surface area (Å²) in [7, 11) is 0. The topological polar surface area (TPSA) is 49.4 Å². The molecule has 0 amide bonds. The summed E-state index contributed by atoms with van der Waals surface area (Å²) in [5.74, 6) is 0.338. The monoisotopic (exact) mass is 221 g/mol. The lowest BCUT2D eigenvalue weighted by Crippen LogP contribution is -1.97. The van der Waals surface area contributed by atoms with Gasteiger partial charge >= 0.3 is 0 Å². The fourth-order valence-electron chi connectivity index (χ4n) is 1.54. The van der Waals surface area contributed by atoms with Crippen LogP contribution < -0.4 is 4.18 Å². The van der Waals surface area contributed by atoms with Crippen molar-refractivity contribution in [3.05, 3.63) is 42.0 Å². The Labute approximate surface area is 90.2 Å². The predicted octanol–water partition coefficient (Wildman–Crippen LogP) is 2.32. The van der Waals surface area contributed by atoms with Crippen LogP contribution in [0.3, 0.4) is 0 Å². The molecule has 0 saturated heterocycles. The molecule has 0 aliphatic carbocycles. The smallest absolute Gasteiger partial charge is 0.139 e. The van der Waals surface area contributed by atoms with Crippen molar-refractivity contribution >= 4 is 22.1 Å². The van der Waals surface area contributed by atoms with E-state index in [1.807, 2.05) is 31.2 Å². The van der Waals surface area contributed by atoms with Gasteiger partial charge in [-0.2, -0.15) is 0 Å². The van der Waals surface area contributed by atoms with Crippen LogP contribution in [0, 0.1) is 6.92 Å². The highest BCUT2D eigenvalue weighted by Gasteiger charge is 1.99. The van der Waals surface area contributed by atoms with Gasteiger partial charge in [-0.3, -0.25) is 0 Å². The van der Waals surface area contributed by atoms with Crippen LogP contribution in [0.1, 0.15) is 5.56 Å². The SMILES string of the molecule is Cc1cccc2ccc(OS(=O)[O-])cc12. The fraction of sp³-hybridized carbons (Fsp3) is 0.0909. The van der Waals surface area contributed by atoms with Crippen LogP contribution in [0.15, 0.2) is 36.4 Å². The Kier molecular flexibility index (Phi) is 2.70. The molecule has 0 bridgehead atoms. The quantitative estimate of drug-likeness (QED) is 0.731. The molecule has 78 valence electrons. The molecule has 0 N–H and O–H groups in total. The zero-order valence-corrected chi connectivity index (χ0v) is 8.91. The summed E-state index contributed by atoms with van der Waals surface area (Å²) < 4.78 is 25.3. The van der Waals surface area contributed by atoms with Crippen LogP contribution in [0.5, 0.6) is 5.75 Å². The van der Waals surface area contributed by atoms with Gasteiger partial charge in [-0.15, -0.1) is 0 Å². The summed E-state index contributed by atoms with van der Waals surface area (Å²) in [6, 6.07) is 11.1. The second-order valence-corrected chi connectivity index (χ2v) is 3.82. The van der Waals surface area contributed by atoms with Gasteiger partial charge in [-0.1, -0.05) is 24.3 Å². The lowest BCUT2D eigenvalue weighted by Gasteiger charge is -2.08. The van der Waals surface area contributed by atoms with Crippen LogP contribution in [-0.4, -0.2) is 8.76 Å². The van der Waals surface area contributed by atoms with Crippen molar-refractivity contribution < 1.29 is 12.9 Å². The third-order valence-corrected chi connectivity index (χ3v) is 2.56. The summed E-state index contributed by atoms with van der Waals surface area (Å²) in [6.07, 6.45) is 0. The molecule has 2 aromatic rings. The Morgan fingerprint density at radius 2 is 2.07 bits per heavy atom. The van der Waals surface area contributed by atoms with Crippen LogP contribution >= 0.6 is 0 Å². The molecule has 0 spiro atoms. The van der Waals surface area contributed by atoms with E-state index in [0.717, 1.165) is 16.3 Å². The standard InChI is InChI=1S/C11H10O3S/c1-8-3-2-4-9-5-6-10(7-11(8)9)14-15(12)13/h2-7H,1H3,(H,12,13)/p-1. The third kappa shape index (κ3) is 2.16. The highest BCUT2D eigenvalue weighted by molar-refractivity contribution is 7.74. The molecule has 15 heavy (non-hydrogen) atoms. The van der Waals surface area contributed by atoms with E-state index in [2.05, 4.69) is 4.18 Å². The van der Waals surface area contributed by atoms with Crippen molar-refractivity contribution in [1.29, 1.82) is 0 Å². The van der Waals surface area contributed by atoms with E-state index in [4.69, 9.17) is 0 Å². The number of fused-ring (bicyclic) bond motifs is 1. The van der Waals surface area contributed by atoms with Crippen molar-refractivity contribution in [3.63, 3.8) is 0 Å². The van der Waals surface area contributed by atoms with Gasteiger partial charge < -0.3 is 8.74 Å². The van der Waals surface area contributed by atoms with E-state index in [1.165, 1.54) is 0 Å². The van der Waals surface area contributed by atoms with Gasteiger partial charge in [0.1, 0.15) is 17.1 Å². The van der Waals surface area contributed by atoms with Crippen molar-refractivity contribution in [3.8, 4) is 5.75 Å². The van der Waals surface area contributed by atoms with Crippen molar-refractivity contribution in [2.45, 2.75) is 6.92 Å². The second-order valence-electron chi connectivity index (χ2n) is 3.25. The lowest BCUT2D eigenvalue weighted by atomic mass is 10.1. The first-order chi connectivity index (χ1) is 7.16. The predicted molar refractivity (Wildman–Crippen MR) is 58.2 cm³/mol. The van der Waals surface area contributed by atoms with Gasteiger partial charge in [0.05, 0.1) is 0 Å². The first kappa shape index (κ1) is 10.1. The Bertz CT molecular complexity index is 522. The number of hydrogen-bond donors (Lipinski definition) is 0. The minimum Gasteiger partial charge on any atom is -0.740 e. The van der Waals surface area contributed by atoms with E-state index >= 15 is 0 Å². The van der Waals surface area contributed by atoms with Crippen LogP contribution in [0.2, 0.25) is 0 Å². The van der Waals surface area contributed by atoms with Gasteiger partial charge in [0, 0.05) is 0 Å². The van der Waals surface area contributed by atoms with E-state index in [0.29, 0.717) is 5.75 Å². The maximum absolute atomic E-state index is 10.4. The fourth-order valence-corrected chi connectivity index (χ4v) is 1.80. The molecule has 1 unspecified atom stereocenters.